The van der Waals surface area contributed by atoms with E-state index >= 15 is 0 Å². The van der Waals surface area contributed by atoms with Crippen LogP contribution in [-0.4, -0.2) is 18.9 Å². The highest BCUT2D eigenvalue weighted by atomic mass is 32.1. The molecule has 0 aliphatic carbocycles. The molecule has 0 rings (SSSR count). The van der Waals surface area contributed by atoms with E-state index in [0.717, 1.165) is 0 Å². The first kappa shape index (κ1) is 4.82. The number of carbonyl (C=O) groups is 1. The summed E-state index contributed by atoms with van der Waals surface area (Å²) in [5, 5.41) is 0. The molecule has 0 bridgehead atoms. The second-order valence-corrected chi connectivity index (χ2v) is 1.37. The van der Waals surface area contributed by atoms with Crippen molar-refractivity contribution >= 4 is 31.1 Å². The summed E-state index contributed by atoms with van der Waals surface area (Å²) in [5.41, 5.74) is 0. The summed E-state index contributed by atoms with van der Waals surface area (Å²) in [6.07, 6.45) is 0.648. The van der Waals surface area contributed by atoms with Crippen LogP contribution in [-0.2, 0) is 4.79 Å². The molecule has 0 saturated carbocycles. The fraction of sp³-hybridized carbons (Fsp3) is 0. The maximum absolute atomic E-state index is 9.36. The second kappa shape index (κ2) is 2.09. The lowest BCUT2D eigenvalue weighted by Crippen LogP contribution is -1.89. The number of aldehydes is 1. The molecule has 0 atom stereocenters. The third-order valence-electron chi connectivity index (χ3n) is 0.166. The van der Waals surface area contributed by atoms with Gasteiger partial charge in [0, 0.05) is 4.76 Å². The number of hydrogen-bond acceptors (Lipinski definition) is 2. The van der Waals surface area contributed by atoms with Crippen molar-refractivity contribution < 1.29 is 4.79 Å². The maximum Gasteiger partial charge on any atom is 0.158 e. The van der Waals surface area contributed by atoms with E-state index in [2.05, 4.69) is 12.2 Å². The van der Waals surface area contributed by atoms with E-state index in [1.807, 2.05) is 0 Å². The molecule has 0 aliphatic rings. The van der Waals surface area contributed by atoms with E-state index in [0.29, 0.717) is 11.1 Å². The maximum atomic E-state index is 9.36. The number of carbonyl (C=O) groups excluding carboxylic acids is 1. The highest BCUT2D eigenvalue weighted by Gasteiger charge is 1.70. The third-order valence-corrected chi connectivity index (χ3v) is 0.262. The van der Waals surface area contributed by atoms with Gasteiger partial charge in [-0.2, -0.15) is 0 Å². The Morgan fingerprint density at radius 3 is 2.20 bits per heavy atom. The molecule has 0 amide bonds. The Morgan fingerprint density at radius 2 is 2.20 bits per heavy atom. The molecular weight excluding hydrogens is 82.9 g/mol. The highest BCUT2D eigenvalue weighted by molar-refractivity contribution is 7.84. The predicted octanol–water partition coefficient (Wildman–Crippen LogP) is -0.854. The summed E-state index contributed by atoms with van der Waals surface area (Å²) in [4.78, 5) is 9.36. The molecular formula is C2H3BOS. The molecule has 0 heterocycles. The van der Waals surface area contributed by atoms with Gasteiger partial charge in [-0.05, 0) is 0 Å². The minimum Gasteiger partial charge on any atom is -0.298 e. The van der Waals surface area contributed by atoms with Crippen LogP contribution in [0.2, 0.25) is 0 Å². The second-order valence-electron chi connectivity index (χ2n) is 0.729. The Balaban J connectivity index is 3.20. The molecule has 3 heteroatoms. The van der Waals surface area contributed by atoms with Gasteiger partial charge < -0.3 is 0 Å². The van der Waals surface area contributed by atoms with E-state index in [4.69, 9.17) is 0 Å². The Kier molecular flexibility index (Phi) is 2.01. The van der Waals surface area contributed by atoms with E-state index in [1.165, 1.54) is 0 Å². The predicted molar refractivity (Wildman–Crippen MR) is 27.2 cm³/mol. The lowest BCUT2D eigenvalue weighted by atomic mass is 10.1. The zero-order chi connectivity index (χ0) is 4.28. The van der Waals surface area contributed by atoms with Crippen LogP contribution in [0.1, 0.15) is 0 Å². The lowest BCUT2D eigenvalue weighted by Gasteiger charge is -1.61. The molecule has 0 fully saturated rings. The number of hydrogen-bond donors (Lipinski definition) is 0. The molecule has 0 aromatic heterocycles. The first-order valence-electron chi connectivity index (χ1n) is 1.23. The molecule has 0 aliphatic heterocycles. The van der Waals surface area contributed by atoms with Crippen LogP contribution in [0.5, 0.6) is 0 Å². The lowest BCUT2D eigenvalue weighted by molar-refractivity contribution is -0.102. The zero-order valence-electron chi connectivity index (χ0n) is 2.89. The molecule has 5 heavy (non-hydrogen) atoms. The molecule has 0 N–H and O–H groups in total. The van der Waals surface area contributed by atoms with Crippen molar-refractivity contribution in [1.29, 1.82) is 0 Å². The summed E-state index contributed by atoms with van der Waals surface area (Å²) in [6, 6.07) is 0. The van der Waals surface area contributed by atoms with Crippen LogP contribution in [0, 0.1) is 0 Å². The summed E-state index contributed by atoms with van der Waals surface area (Å²) >= 11 is 4.33. The topological polar surface area (TPSA) is 17.1 Å². The quantitative estimate of drug-likeness (QED) is 0.235. The number of thiocarbonyl (C=S) groups is 1. The van der Waals surface area contributed by atoms with Crippen LogP contribution >= 0.6 is 12.2 Å². The monoisotopic (exact) mass is 86.0 g/mol. The van der Waals surface area contributed by atoms with Crippen LogP contribution in [0.25, 0.3) is 0 Å². The van der Waals surface area contributed by atoms with Crippen molar-refractivity contribution in [3.8, 4) is 0 Å². The molecule has 1 nitrogen and oxygen atoms in total. The van der Waals surface area contributed by atoms with Crippen LogP contribution in [0.15, 0.2) is 0 Å². The SMILES string of the molecule is BC(=S)C=O. The molecule has 0 aromatic carbocycles. The third kappa shape index (κ3) is 3.82. The molecule has 0 radical (unpaired) electrons. The Hall–Kier alpha value is -0.175. The van der Waals surface area contributed by atoms with Crippen molar-refractivity contribution in [2.24, 2.45) is 0 Å². The van der Waals surface area contributed by atoms with Crippen LogP contribution in [0.4, 0.5) is 0 Å². The molecule has 0 unspecified atom stereocenters. The fourth-order valence-electron chi connectivity index (χ4n) is 0. The number of rotatable bonds is 1. The van der Waals surface area contributed by atoms with Crippen LogP contribution < -0.4 is 0 Å². The molecule has 26 valence electrons. The van der Waals surface area contributed by atoms with E-state index in [-0.39, 0.29) is 0 Å². The Bertz CT molecular complexity index is 60.7. The average Bonchev–Trinajstić information content (AvgIpc) is 1.38. The standard InChI is InChI=1S/C2H3BOS/c3-2(5)1-4/h1H,3H2. The largest absolute Gasteiger partial charge is 0.298 e. The Morgan fingerprint density at radius 1 is 2.00 bits per heavy atom. The van der Waals surface area contributed by atoms with Gasteiger partial charge in [0.05, 0.1) is 0 Å². The summed E-state index contributed by atoms with van der Waals surface area (Å²) in [7, 11) is 1.59. The van der Waals surface area contributed by atoms with Gasteiger partial charge in [0.15, 0.2) is 7.85 Å². The van der Waals surface area contributed by atoms with Gasteiger partial charge in [0.25, 0.3) is 0 Å². The van der Waals surface area contributed by atoms with Crippen molar-refractivity contribution in [2.75, 3.05) is 0 Å². The first-order chi connectivity index (χ1) is 2.27. The Labute approximate surface area is 36.8 Å². The van der Waals surface area contributed by atoms with Gasteiger partial charge >= 0.3 is 0 Å². The van der Waals surface area contributed by atoms with Gasteiger partial charge in [-0.25, -0.2) is 0 Å². The van der Waals surface area contributed by atoms with Gasteiger partial charge in [0.1, 0.15) is 6.29 Å². The van der Waals surface area contributed by atoms with E-state index in [1.54, 1.807) is 7.85 Å². The van der Waals surface area contributed by atoms with E-state index in [9.17, 15) is 4.79 Å². The minimum atomic E-state index is 0.407. The molecule has 0 aromatic rings. The molecule has 0 saturated heterocycles. The minimum absolute atomic E-state index is 0.407. The first-order valence-corrected chi connectivity index (χ1v) is 1.64. The van der Waals surface area contributed by atoms with Crippen molar-refractivity contribution in [2.45, 2.75) is 0 Å². The van der Waals surface area contributed by atoms with Crippen molar-refractivity contribution in [1.82, 2.24) is 0 Å². The van der Waals surface area contributed by atoms with Gasteiger partial charge in [-0.3, -0.25) is 4.79 Å². The summed E-state index contributed by atoms with van der Waals surface area (Å²) < 4.78 is 0.407. The van der Waals surface area contributed by atoms with Gasteiger partial charge in [-0.1, -0.05) is 12.2 Å². The normalized spacial score (nSPS) is 6.40. The summed E-state index contributed by atoms with van der Waals surface area (Å²) in [6.45, 7) is 0. The van der Waals surface area contributed by atoms with Gasteiger partial charge in [-0.15, -0.1) is 0 Å². The van der Waals surface area contributed by atoms with Crippen LogP contribution in [0.3, 0.4) is 0 Å². The average molecular weight is 85.9 g/mol. The van der Waals surface area contributed by atoms with Gasteiger partial charge in [0.2, 0.25) is 0 Å². The smallest absolute Gasteiger partial charge is 0.158 e. The van der Waals surface area contributed by atoms with E-state index < -0.39 is 0 Å². The molecule has 0 spiro atoms. The highest BCUT2D eigenvalue weighted by Crippen LogP contribution is 1.51. The summed E-state index contributed by atoms with van der Waals surface area (Å²) in [5.74, 6) is 0. The van der Waals surface area contributed by atoms with Crippen molar-refractivity contribution in [3.05, 3.63) is 0 Å². The van der Waals surface area contributed by atoms with Crippen molar-refractivity contribution in [3.63, 3.8) is 0 Å². The fourth-order valence-corrected chi connectivity index (χ4v) is 0. The zero-order valence-corrected chi connectivity index (χ0v) is 3.71.